The van der Waals surface area contributed by atoms with Crippen LogP contribution < -0.4 is 4.90 Å². The molecule has 0 aromatic heterocycles. The molecule has 0 saturated heterocycles. The molecule has 0 atom stereocenters. The minimum Gasteiger partial charge on any atom is -0.344 e. The molecule has 0 fully saturated rings. The van der Waals surface area contributed by atoms with Crippen molar-refractivity contribution in [3.63, 3.8) is 0 Å². The lowest BCUT2D eigenvalue weighted by molar-refractivity contribution is 0.519. The number of benzene rings is 7. The first-order valence-electron chi connectivity index (χ1n) is 25.4. The van der Waals surface area contributed by atoms with Crippen molar-refractivity contribution >= 4 is 49.8 Å². The second kappa shape index (κ2) is 21.5. The Morgan fingerprint density at radius 3 is 1.96 bits per heavy atom. The van der Waals surface area contributed by atoms with Crippen molar-refractivity contribution < 1.29 is 0 Å². The maximum absolute atomic E-state index is 4.84. The maximum Gasteiger partial charge on any atom is 0.0503 e. The summed E-state index contributed by atoms with van der Waals surface area (Å²) in [6.07, 6.45) is 16.4. The number of nitrogens with zero attached hydrogens (tertiary/aromatic N) is 2. The van der Waals surface area contributed by atoms with Gasteiger partial charge in [-0.2, -0.15) is 0 Å². The molecule has 0 amide bonds. The number of hydrogen-bond acceptors (Lipinski definition) is 2. The van der Waals surface area contributed by atoms with Crippen molar-refractivity contribution in [3.05, 3.63) is 220 Å². The summed E-state index contributed by atoms with van der Waals surface area (Å²) in [6.45, 7) is 28.3. The van der Waals surface area contributed by atoms with E-state index in [-0.39, 0.29) is 0 Å². The molecule has 7 aromatic rings. The largest absolute Gasteiger partial charge is 0.344 e. The van der Waals surface area contributed by atoms with Crippen molar-refractivity contribution in [1.29, 1.82) is 0 Å². The van der Waals surface area contributed by atoms with E-state index in [1.165, 1.54) is 118 Å². The second-order valence-electron chi connectivity index (χ2n) is 18.9. The van der Waals surface area contributed by atoms with Gasteiger partial charge in [0.1, 0.15) is 0 Å². The molecular formula is C66H72N2. The third-order valence-corrected chi connectivity index (χ3v) is 14.6. The molecule has 2 nitrogen and oxygen atoms in total. The van der Waals surface area contributed by atoms with Gasteiger partial charge in [0, 0.05) is 29.8 Å². The minimum atomic E-state index is 0.673. The van der Waals surface area contributed by atoms with Gasteiger partial charge >= 0.3 is 0 Å². The summed E-state index contributed by atoms with van der Waals surface area (Å²) in [5.41, 5.74) is 22.9. The van der Waals surface area contributed by atoms with E-state index < -0.39 is 0 Å². The zero-order valence-electron chi connectivity index (χ0n) is 42.2. The van der Waals surface area contributed by atoms with Gasteiger partial charge < -0.3 is 9.80 Å². The SMILES string of the molecule is C=CCN(/C=C/CCC)C(=C(\C)C(=C)c1ccc2ccccc2c1)/C(C)=C(\CC)c1c(C)c(-c2ccc3ccccc3c2)cc(N(c2ccc(CC)c(CC)c2)c2ccc3c(c2)CCCC3)c1C. The van der Waals surface area contributed by atoms with Gasteiger partial charge in [0.2, 0.25) is 0 Å². The highest BCUT2D eigenvalue weighted by Crippen LogP contribution is 2.47. The van der Waals surface area contributed by atoms with Crippen LogP contribution in [0, 0.1) is 13.8 Å². The second-order valence-corrected chi connectivity index (χ2v) is 18.9. The third-order valence-electron chi connectivity index (χ3n) is 14.6. The lowest BCUT2D eigenvalue weighted by atomic mass is 9.83. The summed E-state index contributed by atoms with van der Waals surface area (Å²) >= 11 is 0. The van der Waals surface area contributed by atoms with Crippen LogP contribution >= 0.6 is 0 Å². The molecule has 0 spiro atoms. The zero-order chi connectivity index (χ0) is 47.9. The number of unbranched alkanes of at least 4 members (excludes halogenated alkanes) is 1. The Morgan fingerprint density at radius 2 is 1.28 bits per heavy atom. The minimum absolute atomic E-state index is 0.673. The number of fused-ring (bicyclic) bond motifs is 3. The molecule has 0 heterocycles. The fourth-order valence-electron chi connectivity index (χ4n) is 10.9. The first-order valence-corrected chi connectivity index (χ1v) is 25.4. The van der Waals surface area contributed by atoms with Crippen molar-refractivity contribution in [2.24, 2.45) is 0 Å². The highest BCUT2D eigenvalue weighted by Gasteiger charge is 2.27. The molecule has 346 valence electrons. The van der Waals surface area contributed by atoms with Crippen LogP contribution in [0.1, 0.15) is 118 Å². The van der Waals surface area contributed by atoms with Crippen LogP contribution in [-0.4, -0.2) is 11.4 Å². The van der Waals surface area contributed by atoms with Crippen LogP contribution in [-0.2, 0) is 25.7 Å². The monoisotopic (exact) mass is 893 g/mol. The van der Waals surface area contributed by atoms with Gasteiger partial charge in [-0.15, -0.1) is 6.58 Å². The highest BCUT2D eigenvalue weighted by molar-refractivity contribution is 5.94. The van der Waals surface area contributed by atoms with Crippen LogP contribution in [0.5, 0.6) is 0 Å². The van der Waals surface area contributed by atoms with Gasteiger partial charge in [-0.3, -0.25) is 0 Å². The molecular weight excluding hydrogens is 821 g/mol. The van der Waals surface area contributed by atoms with Crippen molar-refractivity contribution in [3.8, 4) is 11.1 Å². The predicted molar refractivity (Wildman–Crippen MR) is 298 cm³/mol. The summed E-state index contributed by atoms with van der Waals surface area (Å²) in [5, 5.41) is 4.95. The normalized spacial score (nSPS) is 13.4. The van der Waals surface area contributed by atoms with E-state index in [0.717, 1.165) is 61.7 Å². The molecule has 0 saturated carbocycles. The van der Waals surface area contributed by atoms with E-state index in [1.54, 1.807) is 0 Å². The van der Waals surface area contributed by atoms with E-state index in [4.69, 9.17) is 6.58 Å². The van der Waals surface area contributed by atoms with Crippen LogP contribution in [0.3, 0.4) is 0 Å². The Morgan fingerprint density at radius 1 is 0.632 bits per heavy atom. The van der Waals surface area contributed by atoms with E-state index in [0.29, 0.717) is 6.54 Å². The summed E-state index contributed by atoms with van der Waals surface area (Å²) in [4.78, 5) is 4.99. The molecule has 0 radical (unpaired) electrons. The van der Waals surface area contributed by atoms with Crippen molar-refractivity contribution in [1.82, 2.24) is 4.90 Å². The topological polar surface area (TPSA) is 6.48 Å². The van der Waals surface area contributed by atoms with E-state index in [1.807, 2.05) is 6.08 Å². The first kappa shape index (κ1) is 47.8. The van der Waals surface area contributed by atoms with E-state index in [2.05, 4.69) is 211 Å². The van der Waals surface area contributed by atoms with Crippen molar-refractivity contribution in [2.75, 3.05) is 11.4 Å². The Bertz CT molecular complexity index is 3060. The Kier molecular flexibility index (Phi) is 15.2. The number of allylic oxidation sites excluding steroid dienone is 5. The molecule has 1 aliphatic rings. The zero-order valence-corrected chi connectivity index (χ0v) is 42.2. The number of anilines is 3. The summed E-state index contributed by atoms with van der Waals surface area (Å²) < 4.78 is 0. The molecule has 0 aliphatic heterocycles. The van der Waals surface area contributed by atoms with E-state index in [9.17, 15) is 0 Å². The summed E-state index contributed by atoms with van der Waals surface area (Å²) in [6, 6.07) is 48.1. The van der Waals surface area contributed by atoms with E-state index >= 15 is 0 Å². The summed E-state index contributed by atoms with van der Waals surface area (Å²) in [5.74, 6) is 0. The first-order chi connectivity index (χ1) is 33.1. The smallest absolute Gasteiger partial charge is 0.0503 e. The molecule has 1 aliphatic carbocycles. The third kappa shape index (κ3) is 9.70. The van der Waals surface area contributed by atoms with Gasteiger partial charge in [0.05, 0.1) is 5.69 Å². The van der Waals surface area contributed by atoms with Crippen LogP contribution in [0.15, 0.2) is 176 Å². The van der Waals surface area contributed by atoms with Crippen LogP contribution in [0.4, 0.5) is 17.1 Å². The lowest BCUT2D eigenvalue weighted by Crippen LogP contribution is -2.21. The quantitative estimate of drug-likeness (QED) is 0.0664. The Hall–Kier alpha value is -6.64. The number of rotatable bonds is 17. The molecule has 0 unspecified atom stereocenters. The molecule has 0 N–H and O–H groups in total. The van der Waals surface area contributed by atoms with Gasteiger partial charge in [-0.1, -0.05) is 138 Å². The highest BCUT2D eigenvalue weighted by atomic mass is 15.1. The average molecular weight is 893 g/mol. The Balaban J connectivity index is 1.45. The van der Waals surface area contributed by atoms with Gasteiger partial charge in [0.25, 0.3) is 0 Å². The molecule has 2 heteroatoms. The lowest BCUT2D eigenvalue weighted by Gasteiger charge is -2.33. The van der Waals surface area contributed by atoms with Gasteiger partial charge in [-0.05, 0) is 221 Å². The molecule has 7 aromatic carbocycles. The number of aryl methyl sites for hydroxylation is 4. The standard InChI is InChI=1S/C66H72N2/c1-11-16-23-39-67(38-12-2)66(46(7)45(6)55-32-30-52-24-17-20-27-56(52)40-55)48(9)62(15-5)65-47(8)63(59-33-31-53-25-18-21-28-57(53)41-59)44-64(49(65)10)68(60-36-34-50(13-3)51(14-4)42-60)61-37-35-54-26-19-22-29-58(54)43-61/h12,17-18,20-21,23-25,27-28,30-37,39-44H,2,6,11,13-16,19,22,26,29,38H2,1,3-5,7-10H3/b39-23+,62-48+,66-46+. The number of hydrogen-bond donors (Lipinski definition) is 0. The average Bonchev–Trinajstić information content (AvgIpc) is 3.37. The predicted octanol–water partition coefficient (Wildman–Crippen LogP) is 18.7. The van der Waals surface area contributed by atoms with Gasteiger partial charge in [-0.25, -0.2) is 0 Å². The van der Waals surface area contributed by atoms with Crippen LogP contribution in [0.2, 0.25) is 0 Å². The Labute approximate surface area is 408 Å². The summed E-state index contributed by atoms with van der Waals surface area (Å²) in [7, 11) is 0. The molecule has 0 bridgehead atoms. The van der Waals surface area contributed by atoms with Crippen LogP contribution in [0.25, 0.3) is 43.8 Å². The van der Waals surface area contributed by atoms with Crippen molar-refractivity contribution in [2.45, 2.75) is 113 Å². The van der Waals surface area contributed by atoms with Gasteiger partial charge in [0.15, 0.2) is 0 Å². The fourth-order valence-corrected chi connectivity index (χ4v) is 10.9. The molecule has 68 heavy (non-hydrogen) atoms. The fraction of sp³-hybridized carbons (Fsp3) is 0.273. The molecule has 8 rings (SSSR count). The maximum atomic E-state index is 4.84.